The van der Waals surface area contributed by atoms with E-state index in [0.29, 0.717) is 26.2 Å². The predicted molar refractivity (Wildman–Crippen MR) is 60.0 cm³/mol. The van der Waals surface area contributed by atoms with Crippen molar-refractivity contribution in [1.82, 2.24) is 10.2 Å². The highest BCUT2D eigenvalue weighted by Gasteiger charge is 2.35. The van der Waals surface area contributed by atoms with Crippen LogP contribution in [0.2, 0.25) is 0 Å². The summed E-state index contributed by atoms with van der Waals surface area (Å²) >= 11 is 0. The standard InChI is InChI=1S/C8H18N4O3S/c9-1-2-11-3-4-12-6-7(5-8(12)13)16(10,14)15/h7,11H,1-6,9H2,(H2,10,14,15). The molecule has 0 aromatic rings. The quantitative estimate of drug-likeness (QED) is 0.447. The first-order valence-electron chi connectivity index (χ1n) is 5.15. The van der Waals surface area contributed by atoms with Gasteiger partial charge >= 0.3 is 0 Å². The normalized spacial score (nSPS) is 21.8. The third-order valence-corrected chi connectivity index (χ3v) is 3.77. The maximum atomic E-state index is 11.4. The van der Waals surface area contributed by atoms with Crippen LogP contribution in [0.25, 0.3) is 0 Å². The van der Waals surface area contributed by atoms with Crippen molar-refractivity contribution in [3.05, 3.63) is 0 Å². The summed E-state index contributed by atoms with van der Waals surface area (Å²) in [5.41, 5.74) is 5.29. The number of carbonyl (C=O) groups is 1. The van der Waals surface area contributed by atoms with E-state index < -0.39 is 15.3 Å². The highest BCUT2D eigenvalue weighted by atomic mass is 32.2. The van der Waals surface area contributed by atoms with Crippen molar-refractivity contribution in [3.63, 3.8) is 0 Å². The number of nitrogens with one attached hydrogen (secondary N) is 1. The van der Waals surface area contributed by atoms with E-state index in [4.69, 9.17) is 10.9 Å². The molecule has 7 nitrogen and oxygen atoms in total. The first kappa shape index (κ1) is 13.4. The van der Waals surface area contributed by atoms with Crippen molar-refractivity contribution in [3.8, 4) is 0 Å². The average Bonchev–Trinajstić information content (AvgIpc) is 2.55. The van der Waals surface area contributed by atoms with Crippen LogP contribution in [-0.2, 0) is 14.8 Å². The van der Waals surface area contributed by atoms with Crippen LogP contribution >= 0.6 is 0 Å². The molecule has 0 aliphatic carbocycles. The molecule has 1 saturated heterocycles. The molecule has 1 amide bonds. The molecule has 0 spiro atoms. The van der Waals surface area contributed by atoms with Gasteiger partial charge < -0.3 is 16.0 Å². The van der Waals surface area contributed by atoms with Crippen molar-refractivity contribution in [1.29, 1.82) is 0 Å². The first-order valence-corrected chi connectivity index (χ1v) is 6.76. The van der Waals surface area contributed by atoms with E-state index in [0.717, 1.165) is 0 Å². The Balaban J connectivity index is 2.37. The van der Waals surface area contributed by atoms with E-state index in [2.05, 4.69) is 5.32 Å². The van der Waals surface area contributed by atoms with Crippen LogP contribution in [0.1, 0.15) is 6.42 Å². The molecule has 1 aliphatic rings. The molecule has 0 radical (unpaired) electrons. The first-order chi connectivity index (χ1) is 7.45. The lowest BCUT2D eigenvalue weighted by molar-refractivity contribution is -0.127. The molecular formula is C8H18N4O3S. The molecule has 1 fully saturated rings. The van der Waals surface area contributed by atoms with Crippen molar-refractivity contribution < 1.29 is 13.2 Å². The zero-order valence-electron chi connectivity index (χ0n) is 9.05. The van der Waals surface area contributed by atoms with Gasteiger partial charge in [0.2, 0.25) is 15.9 Å². The number of hydrogen-bond donors (Lipinski definition) is 3. The molecular weight excluding hydrogens is 232 g/mol. The van der Waals surface area contributed by atoms with Crippen LogP contribution in [0, 0.1) is 0 Å². The second-order valence-electron chi connectivity index (χ2n) is 3.79. The number of sulfonamides is 1. The van der Waals surface area contributed by atoms with E-state index in [-0.39, 0.29) is 18.9 Å². The number of primary sulfonamides is 1. The lowest BCUT2D eigenvalue weighted by Gasteiger charge is -2.16. The fourth-order valence-electron chi connectivity index (χ4n) is 1.61. The summed E-state index contributed by atoms with van der Waals surface area (Å²) in [7, 11) is -3.61. The van der Waals surface area contributed by atoms with Gasteiger partial charge in [-0.15, -0.1) is 0 Å². The van der Waals surface area contributed by atoms with Gasteiger partial charge in [-0.3, -0.25) is 4.79 Å². The molecule has 8 heteroatoms. The van der Waals surface area contributed by atoms with Gasteiger partial charge in [0.25, 0.3) is 0 Å². The number of likely N-dealkylation sites (tertiary alicyclic amines) is 1. The summed E-state index contributed by atoms with van der Waals surface area (Å²) in [4.78, 5) is 13.0. The molecule has 5 N–H and O–H groups in total. The second kappa shape index (κ2) is 5.58. The Labute approximate surface area is 95.2 Å². The Morgan fingerprint density at radius 3 is 2.62 bits per heavy atom. The Morgan fingerprint density at radius 1 is 1.44 bits per heavy atom. The van der Waals surface area contributed by atoms with E-state index in [1.165, 1.54) is 4.90 Å². The number of nitrogens with two attached hydrogens (primary N) is 2. The van der Waals surface area contributed by atoms with Gasteiger partial charge in [0.05, 0.1) is 0 Å². The molecule has 0 saturated carbocycles. The SMILES string of the molecule is NCCNCCN1CC(S(N)(=O)=O)CC1=O. The molecule has 1 aliphatic heterocycles. The summed E-state index contributed by atoms with van der Waals surface area (Å²) in [6, 6.07) is 0. The topological polar surface area (TPSA) is 119 Å². The summed E-state index contributed by atoms with van der Waals surface area (Å²) in [5, 5.41) is 7.28. The zero-order chi connectivity index (χ0) is 12.2. The van der Waals surface area contributed by atoms with Crippen LogP contribution in [0.15, 0.2) is 0 Å². The highest BCUT2D eigenvalue weighted by Crippen LogP contribution is 2.15. The maximum absolute atomic E-state index is 11.4. The molecule has 0 aromatic heterocycles. The van der Waals surface area contributed by atoms with Crippen LogP contribution in [0.4, 0.5) is 0 Å². The highest BCUT2D eigenvalue weighted by molar-refractivity contribution is 7.89. The van der Waals surface area contributed by atoms with Gasteiger partial charge in [-0.25, -0.2) is 13.6 Å². The Kier molecular flexibility index (Phi) is 4.66. The number of hydrogen-bond acceptors (Lipinski definition) is 5. The van der Waals surface area contributed by atoms with Gasteiger partial charge in [-0.05, 0) is 0 Å². The van der Waals surface area contributed by atoms with Crippen LogP contribution in [0.5, 0.6) is 0 Å². The Hall–Kier alpha value is -0.700. The Bertz CT molecular complexity index is 343. The molecule has 0 bridgehead atoms. The fourth-order valence-corrected chi connectivity index (χ4v) is 2.38. The minimum atomic E-state index is -3.61. The maximum Gasteiger partial charge on any atom is 0.224 e. The number of rotatable bonds is 6. The molecule has 0 aromatic carbocycles. The minimum Gasteiger partial charge on any atom is -0.340 e. The molecule has 1 rings (SSSR count). The van der Waals surface area contributed by atoms with E-state index in [9.17, 15) is 13.2 Å². The Morgan fingerprint density at radius 2 is 2.12 bits per heavy atom. The monoisotopic (exact) mass is 250 g/mol. The fraction of sp³-hybridized carbons (Fsp3) is 0.875. The van der Waals surface area contributed by atoms with Crippen molar-refractivity contribution in [2.45, 2.75) is 11.7 Å². The largest absolute Gasteiger partial charge is 0.340 e. The predicted octanol–water partition coefficient (Wildman–Crippen LogP) is -2.58. The number of nitrogens with zero attached hydrogens (tertiary/aromatic N) is 1. The second-order valence-corrected chi connectivity index (χ2v) is 5.64. The van der Waals surface area contributed by atoms with Crippen molar-refractivity contribution >= 4 is 15.9 Å². The number of carbonyl (C=O) groups excluding carboxylic acids is 1. The van der Waals surface area contributed by atoms with Crippen LogP contribution < -0.4 is 16.2 Å². The van der Waals surface area contributed by atoms with Gasteiger partial charge in [-0.2, -0.15) is 0 Å². The van der Waals surface area contributed by atoms with Crippen LogP contribution in [0.3, 0.4) is 0 Å². The lowest BCUT2D eigenvalue weighted by Crippen LogP contribution is -2.36. The van der Waals surface area contributed by atoms with Gasteiger partial charge in [0.1, 0.15) is 5.25 Å². The van der Waals surface area contributed by atoms with E-state index >= 15 is 0 Å². The summed E-state index contributed by atoms with van der Waals surface area (Å²) in [6.07, 6.45) is -0.00424. The van der Waals surface area contributed by atoms with E-state index in [1.807, 2.05) is 0 Å². The molecule has 1 atom stereocenters. The van der Waals surface area contributed by atoms with Gasteiger partial charge in [0, 0.05) is 39.1 Å². The molecule has 1 heterocycles. The van der Waals surface area contributed by atoms with E-state index in [1.54, 1.807) is 0 Å². The van der Waals surface area contributed by atoms with Gasteiger partial charge in [-0.1, -0.05) is 0 Å². The average molecular weight is 250 g/mol. The zero-order valence-corrected chi connectivity index (χ0v) is 9.87. The summed E-state index contributed by atoms with van der Waals surface area (Å²) in [5.74, 6) is -0.159. The minimum absolute atomic E-state index is 0.00424. The third-order valence-electron chi connectivity index (χ3n) is 2.52. The third kappa shape index (κ3) is 3.71. The lowest BCUT2D eigenvalue weighted by atomic mass is 10.4. The molecule has 94 valence electrons. The summed E-state index contributed by atoms with van der Waals surface area (Å²) < 4.78 is 22.1. The molecule has 1 unspecified atom stereocenters. The smallest absolute Gasteiger partial charge is 0.224 e. The summed E-state index contributed by atoms with van der Waals surface area (Å²) in [6.45, 7) is 2.52. The molecule has 16 heavy (non-hydrogen) atoms. The van der Waals surface area contributed by atoms with Crippen molar-refractivity contribution in [2.24, 2.45) is 10.9 Å². The van der Waals surface area contributed by atoms with Crippen molar-refractivity contribution in [2.75, 3.05) is 32.7 Å². The number of amides is 1. The van der Waals surface area contributed by atoms with Crippen LogP contribution in [-0.4, -0.2) is 57.2 Å². The van der Waals surface area contributed by atoms with Gasteiger partial charge in [0.15, 0.2) is 0 Å².